The smallest absolute Gasteiger partial charge is 0.328 e. The number of rotatable bonds is 4. The molecule has 0 saturated carbocycles. The first-order valence-corrected chi connectivity index (χ1v) is 8.32. The molecule has 1 aliphatic heterocycles. The standard InChI is InChI=1S/C14H19NO4S/c1-3-10(2)15-14(13(16)17)8-9-20(18,19)12-7-5-4-6-11(12)14/h4-7,10,15H,3,8-9H2,1-2H3,(H,16,17). The Labute approximate surface area is 118 Å². The van der Waals surface area contributed by atoms with Crippen molar-refractivity contribution in [2.45, 2.75) is 43.2 Å². The van der Waals surface area contributed by atoms with Gasteiger partial charge < -0.3 is 5.11 Å². The molecule has 0 aliphatic carbocycles. The Kier molecular flexibility index (Phi) is 3.88. The Bertz CT molecular complexity index is 626. The molecule has 20 heavy (non-hydrogen) atoms. The Morgan fingerprint density at radius 2 is 2.10 bits per heavy atom. The molecule has 1 aromatic carbocycles. The van der Waals surface area contributed by atoms with Crippen LogP contribution >= 0.6 is 0 Å². The number of hydrogen-bond acceptors (Lipinski definition) is 4. The molecular formula is C14H19NO4S. The molecule has 1 heterocycles. The van der Waals surface area contributed by atoms with Crippen molar-refractivity contribution in [3.8, 4) is 0 Å². The van der Waals surface area contributed by atoms with Gasteiger partial charge in [0, 0.05) is 11.6 Å². The van der Waals surface area contributed by atoms with E-state index in [1.165, 1.54) is 6.07 Å². The number of aliphatic carboxylic acids is 1. The van der Waals surface area contributed by atoms with Gasteiger partial charge in [-0.15, -0.1) is 0 Å². The quantitative estimate of drug-likeness (QED) is 0.880. The van der Waals surface area contributed by atoms with Crippen LogP contribution in [0.1, 0.15) is 32.3 Å². The molecule has 2 unspecified atom stereocenters. The third-order valence-corrected chi connectivity index (χ3v) is 5.67. The average Bonchev–Trinajstić information content (AvgIpc) is 2.42. The second-order valence-corrected chi connectivity index (χ2v) is 7.31. The Morgan fingerprint density at radius 1 is 1.45 bits per heavy atom. The molecule has 0 radical (unpaired) electrons. The fourth-order valence-electron chi connectivity index (χ4n) is 2.58. The van der Waals surface area contributed by atoms with Gasteiger partial charge in [0.2, 0.25) is 0 Å². The lowest BCUT2D eigenvalue weighted by Crippen LogP contribution is -2.55. The van der Waals surface area contributed by atoms with E-state index in [4.69, 9.17) is 0 Å². The van der Waals surface area contributed by atoms with Crippen molar-refractivity contribution in [3.63, 3.8) is 0 Å². The van der Waals surface area contributed by atoms with E-state index in [1.807, 2.05) is 13.8 Å². The highest BCUT2D eigenvalue weighted by atomic mass is 32.2. The number of carbonyl (C=O) groups is 1. The number of hydrogen-bond donors (Lipinski definition) is 2. The highest BCUT2D eigenvalue weighted by Crippen LogP contribution is 2.37. The summed E-state index contributed by atoms with van der Waals surface area (Å²) in [6.07, 6.45) is 0.815. The van der Waals surface area contributed by atoms with Gasteiger partial charge in [0.15, 0.2) is 9.84 Å². The predicted molar refractivity (Wildman–Crippen MR) is 75.3 cm³/mol. The van der Waals surface area contributed by atoms with Gasteiger partial charge in [-0.3, -0.25) is 5.32 Å². The van der Waals surface area contributed by atoms with Crippen LogP contribution in [-0.2, 0) is 20.2 Å². The fraction of sp³-hybridized carbons (Fsp3) is 0.500. The molecule has 2 rings (SSSR count). The Morgan fingerprint density at radius 3 is 2.70 bits per heavy atom. The molecule has 0 fully saturated rings. The number of carboxylic acids is 1. The average molecular weight is 297 g/mol. The van der Waals surface area contributed by atoms with Crippen molar-refractivity contribution < 1.29 is 18.3 Å². The maximum atomic E-state index is 12.1. The minimum Gasteiger partial charge on any atom is -0.480 e. The van der Waals surface area contributed by atoms with E-state index in [0.29, 0.717) is 5.56 Å². The molecule has 6 heteroatoms. The van der Waals surface area contributed by atoms with Gasteiger partial charge in [0.25, 0.3) is 0 Å². The third-order valence-electron chi connectivity index (χ3n) is 3.90. The van der Waals surface area contributed by atoms with Gasteiger partial charge in [-0.1, -0.05) is 25.1 Å². The summed E-state index contributed by atoms with van der Waals surface area (Å²) in [5.41, 5.74) is -0.976. The second kappa shape index (κ2) is 5.18. The molecule has 0 aromatic heterocycles. The van der Waals surface area contributed by atoms with Crippen LogP contribution < -0.4 is 5.32 Å². The van der Waals surface area contributed by atoms with E-state index in [9.17, 15) is 18.3 Å². The zero-order valence-electron chi connectivity index (χ0n) is 11.6. The summed E-state index contributed by atoms with van der Waals surface area (Å²) in [6, 6.07) is 6.36. The molecule has 0 saturated heterocycles. The zero-order valence-corrected chi connectivity index (χ0v) is 12.4. The molecular weight excluding hydrogens is 278 g/mol. The summed E-state index contributed by atoms with van der Waals surface area (Å²) in [4.78, 5) is 12.0. The molecule has 1 aromatic rings. The van der Waals surface area contributed by atoms with Crippen molar-refractivity contribution in [2.75, 3.05) is 5.75 Å². The molecule has 0 spiro atoms. The highest BCUT2D eigenvalue weighted by Gasteiger charge is 2.48. The van der Waals surface area contributed by atoms with Crippen molar-refractivity contribution in [3.05, 3.63) is 29.8 Å². The van der Waals surface area contributed by atoms with Crippen molar-refractivity contribution in [1.29, 1.82) is 0 Å². The summed E-state index contributed by atoms with van der Waals surface area (Å²) < 4.78 is 24.2. The molecule has 1 aliphatic rings. The van der Waals surface area contributed by atoms with E-state index in [2.05, 4.69) is 5.32 Å². The maximum Gasteiger partial charge on any atom is 0.328 e. The lowest BCUT2D eigenvalue weighted by molar-refractivity contribution is -0.146. The second-order valence-electron chi connectivity index (χ2n) is 5.23. The lowest BCUT2D eigenvalue weighted by Gasteiger charge is -2.38. The van der Waals surface area contributed by atoms with Crippen LogP contribution in [0.5, 0.6) is 0 Å². The number of sulfone groups is 1. The summed E-state index contributed by atoms with van der Waals surface area (Å²) in [5, 5.41) is 12.8. The normalized spacial score (nSPS) is 25.7. The van der Waals surface area contributed by atoms with Crippen molar-refractivity contribution in [1.82, 2.24) is 5.32 Å². The van der Waals surface area contributed by atoms with Crippen molar-refractivity contribution in [2.24, 2.45) is 0 Å². The minimum atomic E-state index is -3.39. The predicted octanol–water partition coefficient (Wildman–Crippen LogP) is 1.53. The fourth-order valence-corrected chi connectivity index (χ4v) is 4.24. The Balaban J connectivity index is 2.63. The molecule has 5 nitrogen and oxygen atoms in total. The minimum absolute atomic E-state index is 0.0139. The molecule has 110 valence electrons. The van der Waals surface area contributed by atoms with E-state index in [-0.39, 0.29) is 23.1 Å². The van der Waals surface area contributed by atoms with Crippen LogP contribution in [0.4, 0.5) is 0 Å². The van der Waals surface area contributed by atoms with Gasteiger partial charge in [-0.25, -0.2) is 13.2 Å². The SMILES string of the molecule is CCC(C)NC1(C(=O)O)CCS(=O)(=O)c2ccccc21. The number of fused-ring (bicyclic) bond motifs is 1. The molecule has 2 atom stereocenters. The monoisotopic (exact) mass is 297 g/mol. The summed E-state index contributed by atoms with van der Waals surface area (Å²) in [7, 11) is -3.39. The van der Waals surface area contributed by atoms with Crippen LogP contribution in [0, 0.1) is 0 Å². The van der Waals surface area contributed by atoms with E-state index in [0.717, 1.165) is 6.42 Å². The summed E-state index contributed by atoms with van der Waals surface area (Å²) in [6.45, 7) is 3.86. The summed E-state index contributed by atoms with van der Waals surface area (Å²) >= 11 is 0. The Hall–Kier alpha value is -1.40. The third kappa shape index (κ3) is 2.33. The number of nitrogens with one attached hydrogen (secondary N) is 1. The van der Waals surface area contributed by atoms with Crippen LogP contribution in [0.25, 0.3) is 0 Å². The van der Waals surface area contributed by atoms with Gasteiger partial charge in [-0.2, -0.15) is 0 Å². The van der Waals surface area contributed by atoms with Crippen LogP contribution in [-0.4, -0.2) is 31.3 Å². The lowest BCUT2D eigenvalue weighted by atomic mass is 9.85. The van der Waals surface area contributed by atoms with Gasteiger partial charge in [0.05, 0.1) is 10.6 Å². The first-order chi connectivity index (χ1) is 9.33. The first-order valence-electron chi connectivity index (χ1n) is 6.67. The first kappa shape index (κ1) is 15.0. The number of carboxylic acid groups (broad SMARTS) is 1. The van der Waals surface area contributed by atoms with Gasteiger partial charge >= 0.3 is 5.97 Å². The van der Waals surface area contributed by atoms with E-state index >= 15 is 0 Å². The van der Waals surface area contributed by atoms with Gasteiger partial charge in [0.1, 0.15) is 5.54 Å². The molecule has 0 bridgehead atoms. The molecule has 2 N–H and O–H groups in total. The van der Waals surface area contributed by atoms with Crippen LogP contribution in [0.2, 0.25) is 0 Å². The van der Waals surface area contributed by atoms with Gasteiger partial charge in [-0.05, 0) is 25.8 Å². The maximum absolute atomic E-state index is 12.1. The van der Waals surface area contributed by atoms with Crippen LogP contribution in [0.3, 0.4) is 0 Å². The topological polar surface area (TPSA) is 83.5 Å². The number of benzene rings is 1. The summed E-state index contributed by atoms with van der Waals surface area (Å²) in [5.74, 6) is -1.18. The van der Waals surface area contributed by atoms with Crippen molar-refractivity contribution >= 4 is 15.8 Å². The van der Waals surface area contributed by atoms with E-state index in [1.54, 1.807) is 18.2 Å². The largest absolute Gasteiger partial charge is 0.480 e. The van der Waals surface area contributed by atoms with E-state index < -0.39 is 21.3 Å². The highest BCUT2D eigenvalue weighted by molar-refractivity contribution is 7.91. The van der Waals surface area contributed by atoms with Crippen LogP contribution in [0.15, 0.2) is 29.2 Å². The molecule has 0 amide bonds. The zero-order chi connectivity index (χ0) is 15.0.